The summed E-state index contributed by atoms with van der Waals surface area (Å²) in [5.41, 5.74) is 0.980. The number of rotatable bonds is 7. The molecular weight excluding hydrogens is 340 g/mol. The molecule has 5 nitrogen and oxygen atoms in total. The van der Waals surface area contributed by atoms with Crippen molar-refractivity contribution in [1.29, 1.82) is 0 Å². The third-order valence-corrected chi connectivity index (χ3v) is 5.25. The summed E-state index contributed by atoms with van der Waals surface area (Å²) < 4.78 is 11.7. The van der Waals surface area contributed by atoms with Gasteiger partial charge in [0.05, 0.1) is 13.2 Å². The van der Waals surface area contributed by atoms with Crippen molar-refractivity contribution in [2.24, 2.45) is 11.8 Å². The number of halogens is 1. The minimum atomic E-state index is 0. The summed E-state index contributed by atoms with van der Waals surface area (Å²) in [5.74, 6) is 2.12. The molecule has 25 heavy (non-hydrogen) atoms. The smallest absolute Gasteiger partial charge is 0.223 e. The van der Waals surface area contributed by atoms with Gasteiger partial charge in [0.25, 0.3) is 0 Å². The number of carbonyl (C=O) groups excluding carboxylic acids is 1. The molecule has 1 aliphatic carbocycles. The normalized spacial score (nSPS) is 18.8. The van der Waals surface area contributed by atoms with Gasteiger partial charge < -0.3 is 20.1 Å². The van der Waals surface area contributed by atoms with Crippen molar-refractivity contribution in [3.05, 3.63) is 23.8 Å². The van der Waals surface area contributed by atoms with Crippen molar-refractivity contribution < 1.29 is 14.3 Å². The summed E-state index contributed by atoms with van der Waals surface area (Å²) in [5, 5.41) is 6.28. The van der Waals surface area contributed by atoms with Gasteiger partial charge in [0, 0.05) is 18.0 Å². The number of carbonyl (C=O) groups is 1. The van der Waals surface area contributed by atoms with Gasteiger partial charge in [-0.1, -0.05) is 19.1 Å². The second-order valence-electron chi connectivity index (χ2n) is 6.90. The highest BCUT2D eigenvalue weighted by Gasteiger charge is 2.28. The van der Waals surface area contributed by atoms with Gasteiger partial charge >= 0.3 is 0 Å². The van der Waals surface area contributed by atoms with E-state index in [0.29, 0.717) is 12.5 Å². The molecule has 2 N–H and O–H groups in total. The SMILES string of the molecule is COc1cccc(CNC(=O)C(C)C2CNC2)c1OC1CCCC1.Cl. The molecule has 0 spiro atoms. The monoisotopic (exact) mass is 368 g/mol. The Morgan fingerprint density at radius 1 is 1.32 bits per heavy atom. The first-order chi connectivity index (χ1) is 11.7. The predicted octanol–water partition coefficient (Wildman–Crippen LogP) is 2.91. The molecule has 0 radical (unpaired) electrons. The number of ether oxygens (including phenoxy) is 2. The molecule has 1 aromatic carbocycles. The lowest BCUT2D eigenvalue weighted by atomic mass is 9.88. The van der Waals surface area contributed by atoms with Crippen molar-refractivity contribution in [1.82, 2.24) is 10.6 Å². The van der Waals surface area contributed by atoms with Gasteiger partial charge in [-0.25, -0.2) is 0 Å². The second-order valence-corrected chi connectivity index (χ2v) is 6.90. The number of hydrogen-bond donors (Lipinski definition) is 2. The van der Waals surface area contributed by atoms with Crippen LogP contribution < -0.4 is 20.1 Å². The molecule has 1 aromatic rings. The zero-order valence-electron chi connectivity index (χ0n) is 15.0. The standard InChI is InChI=1S/C19H28N2O3.ClH/c1-13(15-10-20-11-15)19(22)21-12-14-6-5-9-17(23-2)18(14)24-16-7-3-4-8-16;/h5-6,9,13,15-16,20H,3-4,7-8,10-12H2,1-2H3,(H,21,22);1H. The fourth-order valence-corrected chi connectivity index (χ4v) is 3.39. The highest BCUT2D eigenvalue weighted by Crippen LogP contribution is 2.34. The largest absolute Gasteiger partial charge is 0.493 e. The van der Waals surface area contributed by atoms with Crippen LogP contribution in [0, 0.1) is 11.8 Å². The quantitative estimate of drug-likeness (QED) is 0.776. The van der Waals surface area contributed by atoms with Gasteiger partial charge in [-0.2, -0.15) is 0 Å². The van der Waals surface area contributed by atoms with E-state index < -0.39 is 0 Å². The summed E-state index contributed by atoms with van der Waals surface area (Å²) in [6.45, 7) is 4.35. The number of hydrogen-bond acceptors (Lipinski definition) is 4. The highest BCUT2D eigenvalue weighted by molar-refractivity contribution is 5.85. The highest BCUT2D eigenvalue weighted by atomic mass is 35.5. The zero-order valence-corrected chi connectivity index (χ0v) is 15.9. The Morgan fingerprint density at radius 3 is 2.64 bits per heavy atom. The van der Waals surface area contributed by atoms with Crippen molar-refractivity contribution >= 4 is 18.3 Å². The maximum absolute atomic E-state index is 12.3. The van der Waals surface area contributed by atoms with Gasteiger partial charge in [0.1, 0.15) is 0 Å². The number of para-hydroxylation sites is 1. The molecule has 1 atom stereocenters. The van der Waals surface area contributed by atoms with E-state index in [1.807, 2.05) is 25.1 Å². The van der Waals surface area contributed by atoms with Crippen LogP contribution in [-0.2, 0) is 11.3 Å². The van der Waals surface area contributed by atoms with Gasteiger partial charge in [0.15, 0.2) is 11.5 Å². The number of benzene rings is 1. The molecule has 1 unspecified atom stereocenters. The van der Waals surface area contributed by atoms with E-state index in [-0.39, 0.29) is 30.3 Å². The molecule has 1 heterocycles. The van der Waals surface area contributed by atoms with E-state index in [9.17, 15) is 4.79 Å². The van der Waals surface area contributed by atoms with Crippen molar-refractivity contribution in [2.45, 2.75) is 45.3 Å². The van der Waals surface area contributed by atoms with E-state index >= 15 is 0 Å². The summed E-state index contributed by atoms with van der Waals surface area (Å²) in [4.78, 5) is 12.3. The molecule has 140 valence electrons. The van der Waals surface area contributed by atoms with Crippen LogP contribution in [0.25, 0.3) is 0 Å². The minimum absolute atomic E-state index is 0. The lowest BCUT2D eigenvalue weighted by Crippen LogP contribution is -2.49. The summed E-state index contributed by atoms with van der Waals surface area (Å²) in [6, 6.07) is 5.86. The fourth-order valence-electron chi connectivity index (χ4n) is 3.39. The minimum Gasteiger partial charge on any atom is -0.493 e. The third kappa shape index (κ3) is 4.79. The first kappa shape index (κ1) is 19.9. The fraction of sp³-hybridized carbons (Fsp3) is 0.632. The molecule has 1 amide bonds. The Balaban J connectivity index is 0.00000225. The Hall–Kier alpha value is -1.46. The predicted molar refractivity (Wildman–Crippen MR) is 100 cm³/mol. The molecule has 1 aliphatic heterocycles. The van der Waals surface area contributed by atoms with E-state index in [1.165, 1.54) is 12.8 Å². The molecular formula is C19H29ClN2O3. The number of amides is 1. The van der Waals surface area contributed by atoms with Crippen LogP contribution in [0.1, 0.15) is 38.2 Å². The lowest BCUT2D eigenvalue weighted by Gasteiger charge is -2.31. The molecule has 1 saturated heterocycles. The average Bonchev–Trinajstić information content (AvgIpc) is 3.04. The van der Waals surface area contributed by atoms with E-state index in [4.69, 9.17) is 9.47 Å². The number of methoxy groups -OCH3 is 1. The van der Waals surface area contributed by atoms with E-state index in [1.54, 1.807) is 7.11 Å². The topological polar surface area (TPSA) is 59.6 Å². The Labute approximate surface area is 156 Å². The molecule has 1 saturated carbocycles. The maximum atomic E-state index is 12.3. The first-order valence-corrected chi connectivity index (χ1v) is 9.00. The van der Waals surface area contributed by atoms with Crippen LogP contribution in [0.15, 0.2) is 18.2 Å². The van der Waals surface area contributed by atoms with Crippen LogP contribution >= 0.6 is 12.4 Å². The molecule has 0 aromatic heterocycles. The van der Waals surface area contributed by atoms with Crippen LogP contribution in [0.3, 0.4) is 0 Å². The summed E-state index contributed by atoms with van der Waals surface area (Å²) >= 11 is 0. The van der Waals surface area contributed by atoms with Gasteiger partial charge in [-0.05, 0) is 50.8 Å². The van der Waals surface area contributed by atoms with Crippen LogP contribution in [-0.4, -0.2) is 32.2 Å². The lowest BCUT2D eigenvalue weighted by molar-refractivity contribution is -0.126. The summed E-state index contributed by atoms with van der Waals surface area (Å²) in [7, 11) is 1.66. The number of nitrogens with one attached hydrogen (secondary N) is 2. The molecule has 0 bridgehead atoms. The van der Waals surface area contributed by atoms with Gasteiger partial charge in [0.2, 0.25) is 5.91 Å². The average molecular weight is 369 g/mol. The Kier molecular flexibility index (Phi) is 7.38. The third-order valence-electron chi connectivity index (χ3n) is 5.25. The van der Waals surface area contributed by atoms with Gasteiger partial charge in [-0.15, -0.1) is 12.4 Å². The van der Waals surface area contributed by atoms with Crippen LogP contribution in [0.5, 0.6) is 11.5 Å². The Morgan fingerprint density at radius 2 is 2.04 bits per heavy atom. The molecule has 3 rings (SSSR count). The maximum Gasteiger partial charge on any atom is 0.223 e. The van der Waals surface area contributed by atoms with Crippen molar-refractivity contribution in [3.63, 3.8) is 0 Å². The second kappa shape index (κ2) is 9.30. The van der Waals surface area contributed by atoms with Crippen LogP contribution in [0.2, 0.25) is 0 Å². The van der Waals surface area contributed by atoms with E-state index in [2.05, 4.69) is 10.6 Å². The van der Waals surface area contributed by atoms with E-state index in [0.717, 1.165) is 43.0 Å². The molecule has 2 aliphatic rings. The van der Waals surface area contributed by atoms with Gasteiger partial charge in [-0.3, -0.25) is 4.79 Å². The Bertz CT molecular complexity index is 572. The molecule has 2 fully saturated rings. The summed E-state index contributed by atoms with van der Waals surface area (Å²) in [6.07, 6.45) is 4.89. The van der Waals surface area contributed by atoms with Crippen molar-refractivity contribution in [3.8, 4) is 11.5 Å². The molecule has 6 heteroatoms. The first-order valence-electron chi connectivity index (χ1n) is 9.00. The van der Waals surface area contributed by atoms with Crippen LogP contribution in [0.4, 0.5) is 0 Å². The van der Waals surface area contributed by atoms with Crippen molar-refractivity contribution in [2.75, 3.05) is 20.2 Å². The zero-order chi connectivity index (χ0) is 16.9.